The van der Waals surface area contributed by atoms with Crippen molar-refractivity contribution in [3.05, 3.63) is 29.8 Å². The number of nitrogens with one attached hydrogen (secondary N) is 1. The van der Waals surface area contributed by atoms with Crippen LogP contribution in [-0.2, 0) is 10.5 Å². The number of hydrogen-bond acceptors (Lipinski definition) is 2. The molecule has 1 aromatic rings. The highest BCUT2D eigenvalue weighted by Crippen LogP contribution is 2.09. The van der Waals surface area contributed by atoms with Crippen LogP contribution in [0.1, 0.15) is 5.56 Å². The molecule has 1 amide bonds. The zero-order valence-corrected chi connectivity index (χ0v) is 6.84. The second kappa shape index (κ2) is 4.03. The molecule has 3 heteroatoms. The van der Waals surface area contributed by atoms with E-state index in [0.717, 1.165) is 17.0 Å². The number of benzene rings is 1. The Labute approximate surface area is 71.0 Å². The van der Waals surface area contributed by atoms with E-state index in [2.05, 4.69) is 17.9 Å². The van der Waals surface area contributed by atoms with Crippen LogP contribution in [0.25, 0.3) is 0 Å². The van der Waals surface area contributed by atoms with Crippen LogP contribution in [0.3, 0.4) is 0 Å². The zero-order valence-electron chi connectivity index (χ0n) is 5.95. The Bertz CT molecular complexity index is 232. The van der Waals surface area contributed by atoms with E-state index in [9.17, 15) is 4.79 Å². The van der Waals surface area contributed by atoms with E-state index in [1.807, 2.05) is 24.3 Å². The standard InChI is InChI=1S/C8H9NOS/c10-6-9-8-3-1-7(5-11)2-4-8/h1-4,6,11H,5H2,(H,9,10). The Morgan fingerprint density at radius 3 is 2.45 bits per heavy atom. The molecule has 1 N–H and O–H groups in total. The molecule has 0 fully saturated rings. The molecule has 11 heavy (non-hydrogen) atoms. The average Bonchev–Trinajstić information content (AvgIpc) is 2.07. The molecule has 0 unspecified atom stereocenters. The van der Waals surface area contributed by atoms with E-state index < -0.39 is 0 Å². The van der Waals surface area contributed by atoms with Crippen molar-refractivity contribution in [3.8, 4) is 0 Å². The maximum Gasteiger partial charge on any atom is 0.211 e. The molecule has 58 valence electrons. The van der Waals surface area contributed by atoms with Crippen molar-refractivity contribution in [1.82, 2.24) is 0 Å². The number of carbonyl (C=O) groups excluding carboxylic acids is 1. The lowest BCUT2D eigenvalue weighted by Gasteiger charge is -1.98. The second-order valence-electron chi connectivity index (χ2n) is 2.12. The first-order chi connectivity index (χ1) is 5.36. The van der Waals surface area contributed by atoms with Crippen LogP contribution in [-0.4, -0.2) is 6.41 Å². The van der Waals surface area contributed by atoms with Gasteiger partial charge in [-0.1, -0.05) is 12.1 Å². The van der Waals surface area contributed by atoms with Gasteiger partial charge >= 0.3 is 0 Å². The van der Waals surface area contributed by atoms with Crippen molar-refractivity contribution in [1.29, 1.82) is 0 Å². The molecule has 0 bridgehead atoms. The van der Waals surface area contributed by atoms with Crippen molar-refractivity contribution in [2.75, 3.05) is 5.32 Å². The summed E-state index contributed by atoms with van der Waals surface area (Å²) in [4.78, 5) is 10.0. The highest BCUT2D eigenvalue weighted by atomic mass is 32.1. The lowest BCUT2D eigenvalue weighted by Crippen LogP contribution is -1.92. The largest absolute Gasteiger partial charge is 0.329 e. The smallest absolute Gasteiger partial charge is 0.211 e. The van der Waals surface area contributed by atoms with Gasteiger partial charge in [0.05, 0.1) is 0 Å². The van der Waals surface area contributed by atoms with Crippen LogP contribution in [0.2, 0.25) is 0 Å². The molecule has 2 nitrogen and oxygen atoms in total. The molecule has 0 spiro atoms. The molecule has 0 heterocycles. The first-order valence-corrected chi connectivity index (χ1v) is 3.90. The van der Waals surface area contributed by atoms with Gasteiger partial charge < -0.3 is 5.32 Å². The van der Waals surface area contributed by atoms with Crippen molar-refractivity contribution >= 4 is 24.7 Å². The topological polar surface area (TPSA) is 29.1 Å². The predicted octanol–water partition coefficient (Wildman–Crippen LogP) is 1.68. The van der Waals surface area contributed by atoms with Crippen molar-refractivity contribution < 1.29 is 4.79 Å². The van der Waals surface area contributed by atoms with Crippen LogP contribution in [0, 0.1) is 0 Å². The summed E-state index contributed by atoms with van der Waals surface area (Å²) in [6.07, 6.45) is 0.662. The van der Waals surface area contributed by atoms with Gasteiger partial charge in [-0.25, -0.2) is 0 Å². The lowest BCUT2D eigenvalue weighted by atomic mass is 10.2. The van der Waals surface area contributed by atoms with Crippen LogP contribution in [0.15, 0.2) is 24.3 Å². The highest BCUT2D eigenvalue weighted by molar-refractivity contribution is 7.79. The highest BCUT2D eigenvalue weighted by Gasteiger charge is 1.89. The third kappa shape index (κ3) is 2.27. The van der Waals surface area contributed by atoms with Crippen molar-refractivity contribution in [3.63, 3.8) is 0 Å². The number of carbonyl (C=O) groups is 1. The normalized spacial score (nSPS) is 9.18. The van der Waals surface area contributed by atoms with Gasteiger partial charge in [0.15, 0.2) is 0 Å². The third-order valence-corrected chi connectivity index (χ3v) is 1.73. The summed E-state index contributed by atoms with van der Waals surface area (Å²) >= 11 is 4.11. The van der Waals surface area contributed by atoms with E-state index in [-0.39, 0.29) is 0 Å². The molecule has 0 aliphatic rings. The molecule has 0 aliphatic carbocycles. The Morgan fingerprint density at radius 1 is 1.36 bits per heavy atom. The van der Waals surface area contributed by atoms with Gasteiger partial charge in [-0.05, 0) is 17.7 Å². The molecule has 0 saturated heterocycles. The molecular weight excluding hydrogens is 158 g/mol. The molecule has 0 aliphatic heterocycles. The summed E-state index contributed by atoms with van der Waals surface area (Å²) in [6, 6.07) is 7.55. The zero-order chi connectivity index (χ0) is 8.10. The Kier molecular flexibility index (Phi) is 2.98. The number of anilines is 1. The van der Waals surface area contributed by atoms with E-state index in [0.29, 0.717) is 6.41 Å². The Balaban J connectivity index is 2.74. The fourth-order valence-corrected chi connectivity index (χ4v) is 0.985. The maximum absolute atomic E-state index is 10.0. The molecule has 0 aromatic heterocycles. The summed E-state index contributed by atoms with van der Waals surface area (Å²) in [5.41, 5.74) is 1.95. The maximum atomic E-state index is 10.0. The van der Waals surface area contributed by atoms with Crippen LogP contribution >= 0.6 is 12.6 Å². The third-order valence-electron chi connectivity index (χ3n) is 1.36. The summed E-state index contributed by atoms with van der Waals surface area (Å²) < 4.78 is 0. The van der Waals surface area contributed by atoms with Gasteiger partial charge in [0.2, 0.25) is 6.41 Å². The van der Waals surface area contributed by atoms with Crippen molar-refractivity contribution in [2.24, 2.45) is 0 Å². The van der Waals surface area contributed by atoms with Gasteiger partial charge in [0.25, 0.3) is 0 Å². The molecular formula is C8H9NOS. The monoisotopic (exact) mass is 167 g/mol. The summed E-state index contributed by atoms with van der Waals surface area (Å²) in [5, 5.41) is 2.55. The first kappa shape index (κ1) is 8.14. The first-order valence-electron chi connectivity index (χ1n) is 3.27. The van der Waals surface area contributed by atoms with Crippen molar-refractivity contribution in [2.45, 2.75) is 5.75 Å². The fraction of sp³-hybridized carbons (Fsp3) is 0.125. The lowest BCUT2D eigenvalue weighted by molar-refractivity contribution is -0.105. The molecule has 1 aromatic carbocycles. The van der Waals surface area contributed by atoms with E-state index in [1.165, 1.54) is 0 Å². The molecule has 1 rings (SSSR count). The minimum atomic E-state index is 0.662. The van der Waals surface area contributed by atoms with Gasteiger partial charge in [0, 0.05) is 11.4 Å². The molecule has 0 saturated carbocycles. The Morgan fingerprint density at radius 2 is 2.00 bits per heavy atom. The average molecular weight is 167 g/mol. The summed E-state index contributed by atoms with van der Waals surface area (Å²) in [7, 11) is 0. The van der Waals surface area contributed by atoms with Crippen LogP contribution in [0.4, 0.5) is 5.69 Å². The van der Waals surface area contributed by atoms with Gasteiger partial charge in [-0.2, -0.15) is 12.6 Å². The van der Waals surface area contributed by atoms with Gasteiger partial charge in [0.1, 0.15) is 0 Å². The number of thiol groups is 1. The Hall–Kier alpha value is -0.960. The van der Waals surface area contributed by atoms with E-state index >= 15 is 0 Å². The number of hydrogen-bond donors (Lipinski definition) is 2. The van der Waals surface area contributed by atoms with Crippen LogP contribution in [0.5, 0.6) is 0 Å². The summed E-state index contributed by atoms with van der Waals surface area (Å²) in [5.74, 6) is 0.724. The van der Waals surface area contributed by atoms with E-state index in [1.54, 1.807) is 0 Å². The van der Waals surface area contributed by atoms with Crippen LogP contribution < -0.4 is 5.32 Å². The summed E-state index contributed by atoms with van der Waals surface area (Å²) in [6.45, 7) is 0. The van der Waals surface area contributed by atoms with Gasteiger partial charge in [-0.3, -0.25) is 4.79 Å². The second-order valence-corrected chi connectivity index (χ2v) is 2.43. The minimum absolute atomic E-state index is 0.662. The predicted molar refractivity (Wildman–Crippen MR) is 48.8 cm³/mol. The van der Waals surface area contributed by atoms with Gasteiger partial charge in [-0.15, -0.1) is 0 Å². The number of amides is 1. The quantitative estimate of drug-likeness (QED) is 0.520. The molecule has 0 radical (unpaired) electrons. The molecule has 0 atom stereocenters. The fourth-order valence-electron chi connectivity index (χ4n) is 0.774. The minimum Gasteiger partial charge on any atom is -0.329 e. The number of rotatable bonds is 3. The van der Waals surface area contributed by atoms with E-state index in [4.69, 9.17) is 0 Å². The SMILES string of the molecule is O=CNc1ccc(CS)cc1.